The molecule has 3 atom stereocenters. The number of para-hydroxylation sites is 2. The van der Waals surface area contributed by atoms with Crippen LogP contribution in [0.2, 0.25) is 5.02 Å². The predicted octanol–water partition coefficient (Wildman–Crippen LogP) is 5.93. The maximum Gasteiger partial charge on any atom is 0.342 e. The third kappa shape index (κ3) is 3.50. The van der Waals surface area contributed by atoms with Crippen molar-refractivity contribution < 1.29 is 14.4 Å². The number of anilines is 3. The van der Waals surface area contributed by atoms with Crippen LogP contribution < -0.4 is 14.7 Å². The standard InChI is InChI=1S/C30H28ClN3O3/c1-19-15-20(2)26-30(17-21-13-14-22(31)16-25(21)32(26)18-19)27(35)33(23-9-5-3-6-10-23)29(37)34(28(30)36)24-11-7-4-8-12-24/h3-14,16,19-20,26H,15,17-18H2,1-2H3/t19-,20+,26+/m0/s1. The molecular formula is C30H28ClN3O3. The van der Waals surface area contributed by atoms with Crippen molar-refractivity contribution in [3.05, 3.63) is 89.4 Å². The highest BCUT2D eigenvalue weighted by atomic mass is 35.5. The van der Waals surface area contributed by atoms with Crippen LogP contribution in [-0.4, -0.2) is 30.4 Å². The lowest BCUT2D eigenvalue weighted by Gasteiger charge is -2.58. The molecule has 3 aliphatic heterocycles. The van der Waals surface area contributed by atoms with Gasteiger partial charge in [0, 0.05) is 17.3 Å². The van der Waals surface area contributed by atoms with Gasteiger partial charge in [0.2, 0.25) is 0 Å². The number of imide groups is 2. The Morgan fingerprint density at radius 1 is 0.811 bits per heavy atom. The number of barbiturate groups is 1. The molecule has 0 unspecified atom stereocenters. The molecule has 1 spiro atoms. The van der Waals surface area contributed by atoms with Gasteiger partial charge in [0.15, 0.2) is 5.41 Å². The Balaban J connectivity index is 1.61. The van der Waals surface area contributed by atoms with Crippen molar-refractivity contribution in [2.45, 2.75) is 32.7 Å². The maximum absolute atomic E-state index is 14.7. The van der Waals surface area contributed by atoms with Crippen LogP contribution in [0.5, 0.6) is 0 Å². The SMILES string of the molecule is C[C@H]1C[C@@H](C)[C@H]2N(C1)c1cc(Cl)ccc1CC21C(=O)N(c2ccccc2)C(=O)N(c2ccccc2)C1=O. The van der Waals surface area contributed by atoms with Crippen LogP contribution in [0.4, 0.5) is 21.9 Å². The van der Waals surface area contributed by atoms with Crippen molar-refractivity contribution in [2.75, 3.05) is 21.2 Å². The molecule has 0 N–H and O–H groups in total. The maximum atomic E-state index is 14.7. The summed E-state index contributed by atoms with van der Waals surface area (Å²) in [6.07, 6.45) is 1.08. The van der Waals surface area contributed by atoms with E-state index in [4.69, 9.17) is 11.6 Å². The lowest BCUT2D eigenvalue weighted by Crippen LogP contribution is -2.75. The molecule has 0 radical (unpaired) electrons. The van der Waals surface area contributed by atoms with Crippen molar-refractivity contribution in [3.8, 4) is 0 Å². The van der Waals surface area contributed by atoms with Gasteiger partial charge >= 0.3 is 6.03 Å². The van der Waals surface area contributed by atoms with Gasteiger partial charge in [0.25, 0.3) is 11.8 Å². The third-order valence-corrected chi connectivity index (χ3v) is 8.30. The Kier molecular flexibility index (Phi) is 5.60. The van der Waals surface area contributed by atoms with Gasteiger partial charge in [-0.2, -0.15) is 0 Å². The number of carbonyl (C=O) groups excluding carboxylic acids is 3. The van der Waals surface area contributed by atoms with Crippen LogP contribution in [0, 0.1) is 17.3 Å². The number of nitrogens with zero attached hydrogens (tertiary/aromatic N) is 3. The summed E-state index contributed by atoms with van der Waals surface area (Å²) in [5, 5.41) is 0.618. The third-order valence-electron chi connectivity index (χ3n) is 8.07. The Labute approximate surface area is 221 Å². The lowest BCUT2D eigenvalue weighted by atomic mass is 9.62. The highest BCUT2D eigenvalue weighted by Crippen LogP contribution is 2.52. The van der Waals surface area contributed by atoms with Crippen LogP contribution >= 0.6 is 11.6 Å². The van der Waals surface area contributed by atoms with E-state index >= 15 is 0 Å². The zero-order chi connectivity index (χ0) is 25.9. The first-order chi connectivity index (χ1) is 17.8. The minimum absolute atomic E-state index is 0.0345. The van der Waals surface area contributed by atoms with Gasteiger partial charge in [-0.3, -0.25) is 9.59 Å². The lowest BCUT2D eigenvalue weighted by molar-refractivity contribution is -0.144. The van der Waals surface area contributed by atoms with Gasteiger partial charge in [-0.25, -0.2) is 14.6 Å². The van der Waals surface area contributed by atoms with E-state index in [0.717, 1.165) is 17.7 Å². The fourth-order valence-electron chi connectivity index (χ4n) is 6.73. The van der Waals surface area contributed by atoms with E-state index in [0.29, 0.717) is 28.9 Å². The highest BCUT2D eigenvalue weighted by Gasteiger charge is 2.66. The van der Waals surface area contributed by atoms with E-state index in [9.17, 15) is 14.4 Å². The van der Waals surface area contributed by atoms with E-state index in [1.165, 1.54) is 9.80 Å². The molecule has 37 heavy (non-hydrogen) atoms. The number of piperidine rings is 1. The number of halogens is 1. The summed E-state index contributed by atoms with van der Waals surface area (Å²) in [6.45, 7) is 5.01. The number of amides is 4. The van der Waals surface area contributed by atoms with Gasteiger partial charge in [0.1, 0.15) is 0 Å². The zero-order valence-electron chi connectivity index (χ0n) is 20.8. The molecule has 2 saturated heterocycles. The quantitative estimate of drug-likeness (QED) is 0.398. The van der Waals surface area contributed by atoms with E-state index in [1.807, 2.05) is 24.3 Å². The fourth-order valence-corrected chi connectivity index (χ4v) is 6.90. The average Bonchev–Trinajstić information content (AvgIpc) is 2.89. The van der Waals surface area contributed by atoms with E-state index in [1.54, 1.807) is 54.6 Å². The Bertz CT molecular complexity index is 1330. The number of fused-ring (bicyclic) bond motifs is 4. The number of hydrogen-bond donors (Lipinski definition) is 0. The number of benzene rings is 3. The molecule has 6 nitrogen and oxygen atoms in total. The van der Waals surface area contributed by atoms with Crippen molar-refractivity contribution in [3.63, 3.8) is 0 Å². The summed E-state index contributed by atoms with van der Waals surface area (Å²) < 4.78 is 0. The van der Waals surface area contributed by atoms with E-state index < -0.39 is 29.3 Å². The first-order valence-corrected chi connectivity index (χ1v) is 13.1. The highest BCUT2D eigenvalue weighted by molar-refractivity contribution is 6.39. The molecule has 6 rings (SSSR count). The monoisotopic (exact) mass is 513 g/mol. The molecule has 0 aliphatic carbocycles. The minimum Gasteiger partial charge on any atom is -0.366 e. The predicted molar refractivity (Wildman–Crippen MR) is 145 cm³/mol. The summed E-state index contributed by atoms with van der Waals surface area (Å²) >= 11 is 6.42. The van der Waals surface area contributed by atoms with Gasteiger partial charge in [-0.15, -0.1) is 0 Å². The molecule has 0 saturated carbocycles. The molecule has 188 valence electrons. The molecule has 4 amide bonds. The molecule has 3 heterocycles. The van der Waals surface area contributed by atoms with Crippen molar-refractivity contribution in [2.24, 2.45) is 17.3 Å². The van der Waals surface area contributed by atoms with Crippen LogP contribution in [0.1, 0.15) is 25.8 Å². The molecule has 3 aliphatic rings. The zero-order valence-corrected chi connectivity index (χ0v) is 21.6. The summed E-state index contributed by atoms with van der Waals surface area (Å²) in [4.78, 5) is 47.9. The second kappa shape index (κ2) is 8.73. The second-order valence-electron chi connectivity index (χ2n) is 10.6. The van der Waals surface area contributed by atoms with E-state index in [2.05, 4.69) is 18.7 Å². The molecular weight excluding hydrogens is 486 g/mol. The Morgan fingerprint density at radius 3 is 1.95 bits per heavy atom. The average molecular weight is 514 g/mol. The van der Waals surface area contributed by atoms with Gasteiger partial charge in [0.05, 0.1) is 17.4 Å². The molecule has 7 heteroatoms. The van der Waals surface area contributed by atoms with Crippen LogP contribution in [0.25, 0.3) is 0 Å². The van der Waals surface area contributed by atoms with Gasteiger partial charge < -0.3 is 4.90 Å². The first-order valence-electron chi connectivity index (χ1n) is 12.7. The van der Waals surface area contributed by atoms with Gasteiger partial charge in [-0.1, -0.05) is 67.9 Å². The Hall–Kier alpha value is -3.64. The van der Waals surface area contributed by atoms with Crippen molar-refractivity contribution in [1.82, 2.24) is 0 Å². The molecule has 3 aromatic carbocycles. The van der Waals surface area contributed by atoms with Crippen LogP contribution in [0.3, 0.4) is 0 Å². The van der Waals surface area contributed by atoms with Gasteiger partial charge in [-0.05, 0) is 66.6 Å². The summed E-state index contributed by atoms with van der Waals surface area (Å²) in [5.41, 5.74) is 1.29. The molecule has 2 fully saturated rings. The van der Waals surface area contributed by atoms with Crippen molar-refractivity contribution in [1.29, 1.82) is 0 Å². The topological polar surface area (TPSA) is 60.9 Å². The molecule has 3 aromatic rings. The summed E-state index contributed by atoms with van der Waals surface area (Å²) in [5.74, 6) is -0.512. The van der Waals surface area contributed by atoms with Crippen LogP contribution in [0.15, 0.2) is 78.9 Å². The second-order valence-corrected chi connectivity index (χ2v) is 11.0. The largest absolute Gasteiger partial charge is 0.366 e. The smallest absolute Gasteiger partial charge is 0.342 e. The minimum atomic E-state index is -1.47. The van der Waals surface area contributed by atoms with E-state index in [-0.39, 0.29) is 12.3 Å². The Morgan fingerprint density at radius 2 is 1.38 bits per heavy atom. The number of urea groups is 1. The summed E-state index contributed by atoms with van der Waals surface area (Å²) in [7, 11) is 0. The normalized spacial score (nSPS) is 24.8. The summed E-state index contributed by atoms with van der Waals surface area (Å²) in [6, 6.07) is 22.4. The van der Waals surface area contributed by atoms with Crippen LogP contribution in [-0.2, 0) is 16.0 Å². The molecule has 0 bridgehead atoms. The number of rotatable bonds is 2. The molecule has 0 aromatic heterocycles. The fraction of sp³-hybridized carbons (Fsp3) is 0.300. The number of hydrogen-bond acceptors (Lipinski definition) is 4. The first kappa shape index (κ1) is 23.7. The number of carbonyl (C=O) groups is 3. The van der Waals surface area contributed by atoms with Crippen molar-refractivity contribution >= 4 is 46.5 Å².